The topological polar surface area (TPSA) is 61.4 Å². The Hall–Kier alpha value is -0.910. The maximum Gasteiger partial charge on any atom is 0.0954 e. The monoisotopic (exact) mass is 253 g/mol. The second-order valence-electron chi connectivity index (χ2n) is 5.89. The molecular formula is C13H23N3O2. The zero-order chi connectivity index (χ0) is 13.2. The van der Waals surface area contributed by atoms with Crippen molar-refractivity contribution < 1.29 is 9.84 Å². The number of aromatic amines is 1. The van der Waals surface area contributed by atoms with Crippen LogP contribution in [-0.2, 0) is 11.3 Å². The molecule has 18 heavy (non-hydrogen) atoms. The highest BCUT2D eigenvalue weighted by atomic mass is 16.5. The molecule has 1 aliphatic heterocycles. The van der Waals surface area contributed by atoms with Crippen LogP contribution < -0.4 is 0 Å². The van der Waals surface area contributed by atoms with Crippen molar-refractivity contribution in [3.05, 3.63) is 18.2 Å². The van der Waals surface area contributed by atoms with Gasteiger partial charge in [-0.1, -0.05) is 13.8 Å². The SMILES string of the molecule is COC[C@]1(O)CCN(Cc2cnc[nH]2)CC1(C)C. The molecule has 0 saturated carbocycles. The minimum Gasteiger partial charge on any atom is -0.387 e. The average molecular weight is 253 g/mol. The Labute approximate surface area is 108 Å². The molecule has 0 bridgehead atoms. The number of piperidine rings is 1. The summed E-state index contributed by atoms with van der Waals surface area (Å²) in [6.07, 6.45) is 4.29. The lowest BCUT2D eigenvalue weighted by Gasteiger charge is -2.50. The molecule has 0 radical (unpaired) electrons. The van der Waals surface area contributed by atoms with Gasteiger partial charge in [0.1, 0.15) is 0 Å². The minimum atomic E-state index is -0.730. The minimum absolute atomic E-state index is 0.179. The predicted molar refractivity (Wildman–Crippen MR) is 69.1 cm³/mol. The number of hydrogen-bond acceptors (Lipinski definition) is 4. The maximum atomic E-state index is 10.7. The summed E-state index contributed by atoms with van der Waals surface area (Å²) in [4.78, 5) is 9.49. The quantitative estimate of drug-likeness (QED) is 0.841. The number of imidazole rings is 1. The zero-order valence-electron chi connectivity index (χ0n) is 11.4. The molecule has 1 saturated heterocycles. The van der Waals surface area contributed by atoms with Crippen LogP contribution in [0.1, 0.15) is 26.0 Å². The molecule has 102 valence electrons. The number of hydrogen-bond donors (Lipinski definition) is 2. The van der Waals surface area contributed by atoms with E-state index in [-0.39, 0.29) is 5.41 Å². The average Bonchev–Trinajstić information content (AvgIpc) is 2.77. The van der Waals surface area contributed by atoms with Crippen molar-refractivity contribution >= 4 is 0 Å². The zero-order valence-corrected chi connectivity index (χ0v) is 11.4. The highest BCUT2D eigenvalue weighted by Crippen LogP contribution is 2.39. The molecule has 0 unspecified atom stereocenters. The lowest BCUT2D eigenvalue weighted by atomic mass is 9.70. The lowest BCUT2D eigenvalue weighted by molar-refractivity contribution is -0.151. The van der Waals surface area contributed by atoms with Gasteiger partial charge in [-0.05, 0) is 6.42 Å². The molecule has 1 aromatic rings. The van der Waals surface area contributed by atoms with E-state index in [0.717, 1.165) is 31.7 Å². The number of likely N-dealkylation sites (tertiary alicyclic amines) is 1. The van der Waals surface area contributed by atoms with E-state index in [9.17, 15) is 5.11 Å². The maximum absolute atomic E-state index is 10.7. The van der Waals surface area contributed by atoms with Gasteiger partial charge in [-0.25, -0.2) is 4.98 Å². The van der Waals surface area contributed by atoms with Gasteiger partial charge in [0, 0.05) is 44.0 Å². The molecule has 1 atom stereocenters. The van der Waals surface area contributed by atoms with Gasteiger partial charge in [0.2, 0.25) is 0 Å². The number of methoxy groups -OCH3 is 1. The lowest BCUT2D eigenvalue weighted by Crippen LogP contribution is -2.59. The van der Waals surface area contributed by atoms with Gasteiger partial charge in [-0.2, -0.15) is 0 Å². The van der Waals surface area contributed by atoms with Crippen LogP contribution in [0.5, 0.6) is 0 Å². The van der Waals surface area contributed by atoms with Crippen LogP contribution in [0.4, 0.5) is 0 Å². The van der Waals surface area contributed by atoms with Gasteiger partial charge in [-0.3, -0.25) is 4.90 Å². The van der Waals surface area contributed by atoms with E-state index in [1.54, 1.807) is 13.4 Å². The van der Waals surface area contributed by atoms with Crippen molar-refractivity contribution in [2.45, 2.75) is 32.4 Å². The third-order valence-electron chi connectivity index (χ3n) is 4.05. The molecule has 2 heterocycles. The molecule has 0 amide bonds. The van der Waals surface area contributed by atoms with Crippen LogP contribution in [0.15, 0.2) is 12.5 Å². The first kappa shape index (κ1) is 13.5. The van der Waals surface area contributed by atoms with E-state index in [0.29, 0.717) is 6.61 Å². The number of aliphatic hydroxyl groups is 1. The molecule has 1 aromatic heterocycles. The fraction of sp³-hybridized carbons (Fsp3) is 0.769. The van der Waals surface area contributed by atoms with Crippen LogP contribution in [0.2, 0.25) is 0 Å². The molecule has 2 rings (SSSR count). The highest BCUT2D eigenvalue weighted by Gasteiger charge is 2.47. The van der Waals surface area contributed by atoms with E-state index in [2.05, 4.69) is 28.7 Å². The molecule has 0 aromatic carbocycles. The summed E-state index contributed by atoms with van der Waals surface area (Å²) in [6.45, 7) is 7.19. The second-order valence-corrected chi connectivity index (χ2v) is 5.89. The fourth-order valence-electron chi connectivity index (χ4n) is 2.72. The van der Waals surface area contributed by atoms with E-state index < -0.39 is 5.60 Å². The number of H-pyrrole nitrogens is 1. The first-order valence-corrected chi connectivity index (χ1v) is 6.38. The van der Waals surface area contributed by atoms with Crippen LogP contribution in [0, 0.1) is 5.41 Å². The summed E-state index contributed by atoms with van der Waals surface area (Å²) in [5.41, 5.74) is 0.205. The number of nitrogens with zero attached hydrogens (tertiary/aromatic N) is 2. The van der Waals surface area contributed by atoms with E-state index in [4.69, 9.17) is 4.74 Å². The van der Waals surface area contributed by atoms with Crippen molar-refractivity contribution in [1.29, 1.82) is 0 Å². The Bertz CT molecular complexity index is 378. The largest absolute Gasteiger partial charge is 0.387 e. The molecule has 2 N–H and O–H groups in total. The first-order chi connectivity index (χ1) is 8.47. The number of aromatic nitrogens is 2. The second kappa shape index (κ2) is 4.99. The Kier molecular flexibility index (Phi) is 3.75. The van der Waals surface area contributed by atoms with E-state index in [1.807, 2.05) is 6.20 Å². The van der Waals surface area contributed by atoms with Gasteiger partial charge in [-0.15, -0.1) is 0 Å². The number of ether oxygens (including phenoxy) is 1. The van der Waals surface area contributed by atoms with Gasteiger partial charge < -0.3 is 14.8 Å². The Morgan fingerprint density at radius 3 is 2.89 bits per heavy atom. The van der Waals surface area contributed by atoms with Crippen LogP contribution in [0.25, 0.3) is 0 Å². The summed E-state index contributed by atoms with van der Waals surface area (Å²) in [5.74, 6) is 0. The number of nitrogens with one attached hydrogen (secondary N) is 1. The van der Waals surface area contributed by atoms with Gasteiger partial charge >= 0.3 is 0 Å². The number of rotatable bonds is 4. The van der Waals surface area contributed by atoms with Gasteiger partial charge in [0.05, 0.1) is 18.5 Å². The normalized spacial score (nSPS) is 28.4. The van der Waals surface area contributed by atoms with Crippen LogP contribution >= 0.6 is 0 Å². The third-order valence-corrected chi connectivity index (χ3v) is 4.05. The van der Waals surface area contributed by atoms with Crippen LogP contribution in [0.3, 0.4) is 0 Å². The molecule has 5 nitrogen and oxygen atoms in total. The molecule has 0 spiro atoms. The van der Waals surface area contributed by atoms with Crippen molar-refractivity contribution in [2.75, 3.05) is 26.8 Å². The summed E-state index contributed by atoms with van der Waals surface area (Å²) in [6, 6.07) is 0. The Morgan fingerprint density at radius 2 is 2.33 bits per heavy atom. The van der Waals surface area contributed by atoms with Crippen molar-refractivity contribution in [3.63, 3.8) is 0 Å². The first-order valence-electron chi connectivity index (χ1n) is 6.38. The molecule has 5 heteroatoms. The Balaban J connectivity index is 2.01. The Morgan fingerprint density at radius 1 is 1.56 bits per heavy atom. The fourth-order valence-corrected chi connectivity index (χ4v) is 2.72. The van der Waals surface area contributed by atoms with E-state index in [1.165, 1.54) is 0 Å². The smallest absolute Gasteiger partial charge is 0.0954 e. The van der Waals surface area contributed by atoms with Gasteiger partial charge in [0.25, 0.3) is 0 Å². The van der Waals surface area contributed by atoms with Gasteiger partial charge in [0.15, 0.2) is 0 Å². The van der Waals surface area contributed by atoms with Crippen LogP contribution in [-0.4, -0.2) is 52.4 Å². The standard InChI is InChI=1S/C13H23N3O2/c1-12(2)8-16(7-11-6-14-10-15-11)5-4-13(12,17)9-18-3/h6,10,17H,4-5,7-9H2,1-3H3,(H,14,15)/t13-/m1/s1. The van der Waals surface area contributed by atoms with Crippen molar-refractivity contribution in [1.82, 2.24) is 14.9 Å². The third kappa shape index (κ3) is 2.58. The highest BCUT2D eigenvalue weighted by molar-refractivity contribution is 5.02. The molecule has 0 aliphatic carbocycles. The van der Waals surface area contributed by atoms with E-state index >= 15 is 0 Å². The summed E-state index contributed by atoms with van der Waals surface area (Å²) >= 11 is 0. The summed E-state index contributed by atoms with van der Waals surface area (Å²) < 4.78 is 5.18. The van der Waals surface area contributed by atoms with Crippen molar-refractivity contribution in [3.8, 4) is 0 Å². The summed E-state index contributed by atoms with van der Waals surface area (Å²) in [5, 5.41) is 10.7. The predicted octanol–water partition coefficient (Wildman–Crippen LogP) is 1.02. The van der Waals surface area contributed by atoms with Crippen molar-refractivity contribution in [2.24, 2.45) is 5.41 Å². The molecule has 1 aliphatic rings. The molecule has 1 fully saturated rings. The summed E-state index contributed by atoms with van der Waals surface area (Å²) in [7, 11) is 1.64. The molecular weight excluding hydrogens is 230 g/mol.